The minimum Gasteiger partial charge on any atom is -0.297 e. The summed E-state index contributed by atoms with van der Waals surface area (Å²) >= 11 is 1.93. The first-order valence-corrected chi connectivity index (χ1v) is 8.49. The van der Waals surface area contributed by atoms with Crippen LogP contribution in [0.25, 0.3) is 0 Å². The fraction of sp³-hybridized carbons (Fsp3) is 0.933. The summed E-state index contributed by atoms with van der Waals surface area (Å²) in [7, 11) is 0. The van der Waals surface area contributed by atoms with E-state index in [1.165, 1.54) is 25.7 Å². The number of hydrogen-bond donors (Lipinski definition) is 1. The molecule has 0 aromatic rings. The van der Waals surface area contributed by atoms with E-state index in [2.05, 4.69) is 45.1 Å². The molecule has 0 aromatic carbocycles. The Morgan fingerprint density at radius 3 is 2.47 bits per heavy atom. The van der Waals surface area contributed by atoms with Crippen molar-refractivity contribution in [1.29, 1.82) is 0 Å². The molecule has 2 aliphatic rings. The molecule has 1 N–H and O–H groups in total. The van der Waals surface area contributed by atoms with Gasteiger partial charge < -0.3 is 0 Å². The molecule has 2 aliphatic heterocycles. The third-order valence-corrected chi connectivity index (χ3v) is 5.07. The SMILES string of the molecule is CC1CCCC(C)N1NC1=NCC(CC(C)(C)C)S1. The summed E-state index contributed by atoms with van der Waals surface area (Å²) < 4.78 is 0. The highest BCUT2D eigenvalue weighted by atomic mass is 32.2. The third kappa shape index (κ3) is 4.38. The highest BCUT2D eigenvalue weighted by molar-refractivity contribution is 8.14. The van der Waals surface area contributed by atoms with Crippen LogP contribution in [0.5, 0.6) is 0 Å². The second kappa shape index (κ2) is 6.04. The van der Waals surface area contributed by atoms with Gasteiger partial charge in [-0.05, 0) is 38.5 Å². The molecule has 0 amide bonds. The molecule has 3 unspecified atom stereocenters. The van der Waals surface area contributed by atoms with Gasteiger partial charge in [-0.2, -0.15) is 0 Å². The van der Waals surface area contributed by atoms with Crippen LogP contribution in [-0.2, 0) is 0 Å². The lowest BCUT2D eigenvalue weighted by Gasteiger charge is -2.39. The predicted molar refractivity (Wildman–Crippen MR) is 85.5 cm³/mol. The Kier molecular flexibility index (Phi) is 4.83. The average Bonchev–Trinajstić information content (AvgIpc) is 2.69. The van der Waals surface area contributed by atoms with E-state index in [-0.39, 0.29) is 0 Å². The summed E-state index contributed by atoms with van der Waals surface area (Å²) in [6.07, 6.45) is 5.17. The van der Waals surface area contributed by atoms with Crippen molar-refractivity contribution in [2.45, 2.75) is 77.6 Å². The molecule has 0 aromatic heterocycles. The quantitative estimate of drug-likeness (QED) is 0.838. The number of thioether (sulfide) groups is 1. The molecule has 0 spiro atoms. The van der Waals surface area contributed by atoms with Crippen molar-refractivity contribution < 1.29 is 0 Å². The second-order valence-electron chi connectivity index (χ2n) is 7.30. The molecule has 4 heteroatoms. The standard InChI is InChI=1S/C15H29N3S/c1-11-7-6-8-12(2)18(11)17-14-16-10-13(19-14)9-15(3,4)5/h11-13H,6-10H2,1-5H3,(H,16,17). The molecule has 0 bridgehead atoms. The van der Waals surface area contributed by atoms with Gasteiger partial charge in [0.05, 0.1) is 6.54 Å². The van der Waals surface area contributed by atoms with Crippen LogP contribution in [0.15, 0.2) is 4.99 Å². The summed E-state index contributed by atoms with van der Waals surface area (Å²) in [4.78, 5) is 4.69. The monoisotopic (exact) mass is 283 g/mol. The van der Waals surface area contributed by atoms with Crippen molar-refractivity contribution in [2.24, 2.45) is 10.4 Å². The van der Waals surface area contributed by atoms with Crippen LogP contribution < -0.4 is 5.43 Å². The van der Waals surface area contributed by atoms with E-state index >= 15 is 0 Å². The van der Waals surface area contributed by atoms with Crippen molar-refractivity contribution in [3.8, 4) is 0 Å². The number of rotatable bonds is 2. The molecule has 2 rings (SSSR count). The van der Waals surface area contributed by atoms with Crippen LogP contribution in [-0.4, -0.2) is 34.1 Å². The number of aliphatic imine (C=N–C) groups is 1. The molecule has 2 heterocycles. The molecule has 1 fully saturated rings. The van der Waals surface area contributed by atoms with Crippen LogP contribution in [0.4, 0.5) is 0 Å². The molecule has 1 saturated heterocycles. The maximum atomic E-state index is 4.69. The molecule has 0 saturated carbocycles. The van der Waals surface area contributed by atoms with Crippen molar-refractivity contribution in [1.82, 2.24) is 10.4 Å². The number of piperidine rings is 1. The Hall–Kier alpha value is -0.220. The highest BCUT2D eigenvalue weighted by Gasteiger charge is 2.29. The van der Waals surface area contributed by atoms with E-state index in [0.717, 1.165) is 11.7 Å². The van der Waals surface area contributed by atoms with Crippen molar-refractivity contribution in [3.63, 3.8) is 0 Å². The Bertz CT molecular complexity index is 325. The van der Waals surface area contributed by atoms with Gasteiger partial charge in [-0.15, -0.1) is 0 Å². The maximum absolute atomic E-state index is 4.69. The van der Waals surface area contributed by atoms with Gasteiger partial charge >= 0.3 is 0 Å². The van der Waals surface area contributed by atoms with E-state index in [1.807, 2.05) is 11.8 Å². The highest BCUT2D eigenvalue weighted by Crippen LogP contribution is 2.32. The number of nitrogens with one attached hydrogen (secondary N) is 1. The Morgan fingerprint density at radius 1 is 1.26 bits per heavy atom. The van der Waals surface area contributed by atoms with Crippen LogP contribution >= 0.6 is 11.8 Å². The summed E-state index contributed by atoms with van der Waals surface area (Å²) in [5.41, 5.74) is 3.98. The Labute approximate surface area is 122 Å². The van der Waals surface area contributed by atoms with Crippen LogP contribution in [0.2, 0.25) is 0 Å². The molecule has 110 valence electrons. The lowest BCUT2D eigenvalue weighted by molar-refractivity contribution is 0.0753. The first kappa shape index (κ1) is 15.2. The normalized spacial score (nSPS) is 33.3. The lowest BCUT2D eigenvalue weighted by Crippen LogP contribution is -2.53. The van der Waals surface area contributed by atoms with Crippen molar-refractivity contribution >= 4 is 16.9 Å². The largest absolute Gasteiger partial charge is 0.297 e. The van der Waals surface area contributed by atoms with E-state index < -0.39 is 0 Å². The molecular weight excluding hydrogens is 254 g/mol. The molecule has 3 nitrogen and oxygen atoms in total. The van der Waals surface area contributed by atoms with Gasteiger partial charge in [0.15, 0.2) is 5.17 Å². The van der Waals surface area contributed by atoms with Gasteiger partial charge in [-0.1, -0.05) is 39.0 Å². The molecule has 19 heavy (non-hydrogen) atoms. The van der Waals surface area contributed by atoms with Gasteiger partial charge in [-0.25, -0.2) is 5.01 Å². The lowest BCUT2D eigenvalue weighted by atomic mass is 9.90. The van der Waals surface area contributed by atoms with Crippen molar-refractivity contribution in [3.05, 3.63) is 0 Å². The number of hydrazine groups is 1. The van der Waals surface area contributed by atoms with Gasteiger partial charge in [0.2, 0.25) is 0 Å². The number of hydrogen-bond acceptors (Lipinski definition) is 4. The zero-order valence-corrected chi connectivity index (χ0v) is 13.9. The number of nitrogens with zero attached hydrogens (tertiary/aromatic N) is 2. The average molecular weight is 283 g/mol. The zero-order valence-electron chi connectivity index (χ0n) is 13.1. The smallest absolute Gasteiger partial charge is 0.171 e. The van der Waals surface area contributed by atoms with Crippen LogP contribution in [0.1, 0.15) is 60.3 Å². The van der Waals surface area contributed by atoms with E-state index in [4.69, 9.17) is 4.99 Å². The first-order chi connectivity index (χ1) is 8.85. The summed E-state index contributed by atoms with van der Waals surface area (Å²) in [6, 6.07) is 1.24. The van der Waals surface area contributed by atoms with E-state index in [1.54, 1.807) is 0 Å². The fourth-order valence-corrected chi connectivity index (χ4v) is 4.38. The van der Waals surface area contributed by atoms with E-state index in [9.17, 15) is 0 Å². The maximum Gasteiger partial charge on any atom is 0.171 e. The van der Waals surface area contributed by atoms with Crippen LogP contribution in [0, 0.1) is 5.41 Å². The molecule has 0 radical (unpaired) electrons. The van der Waals surface area contributed by atoms with Gasteiger partial charge in [0.25, 0.3) is 0 Å². The Morgan fingerprint density at radius 2 is 1.89 bits per heavy atom. The third-order valence-electron chi connectivity index (χ3n) is 3.98. The minimum atomic E-state index is 0.397. The molecule has 0 aliphatic carbocycles. The van der Waals surface area contributed by atoms with Crippen LogP contribution in [0.3, 0.4) is 0 Å². The topological polar surface area (TPSA) is 27.6 Å². The van der Waals surface area contributed by atoms with Gasteiger partial charge in [-0.3, -0.25) is 10.4 Å². The minimum absolute atomic E-state index is 0.397. The van der Waals surface area contributed by atoms with Gasteiger partial charge in [0.1, 0.15) is 0 Å². The summed E-state index contributed by atoms with van der Waals surface area (Å²) in [5, 5.41) is 4.20. The summed E-state index contributed by atoms with van der Waals surface area (Å²) in [5.74, 6) is 0. The fourth-order valence-electron chi connectivity index (χ4n) is 3.02. The summed E-state index contributed by atoms with van der Waals surface area (Å²) in [6.45, 7) is 12.5. The van der Waals surface area contributed by atoms with E-state index in [0.29, 0.717) is 22.7 Å². The van der Waals surface area contributed by atoms with Crippen molar-refractivity contribution in [2.75, 3.05) is 6.54 Å². The Balaban J connectivity index is 1.84. The van der Waals surface area contributed by atoms with Gasteiger partial charge in [0, 0.05) is 17.3 Å². The zero-order chi connectivity index (χ0) is 14.0. The second-order valence-corrected chi connectivity index (χ2v) is 8.59. The molecular formula is C15H29N3S. The molecule has 3 atom stereocenters. The first-order valence-electron chi connectivity index (χ1n) is 7.61. The predicted octanol–water partition coefficient (Wildman–Crippen LogP) is 3.66. The number of amidine groups is 1.